The molecule has 3 saturated carbocycles. The Morgan fingerprint density at radius 2 is 1.88 bits per heavy atom. The number of rotatable bonds is 4. The molecule has 0 spiro atoms. The Bertz CT molecular complexity index is 964. The van der Waals surface area contributed by atoms with Crippen molar-refractivity contribution in [3.05, 3.63) is 23.8 Å². The summed E-state index contributed by atoms with van der Waals surface area (Å²) < 4.78 is 10.9. The number of hydrogen-bond donors (Lipinski definition) is 1. The molecular weight excluding hydrogens is 424 g/mol. The summed E-state index contributed by atoms with van der Waals surface area (Å²) in [7, 11) is 0. The molecule has 0 amide bonds. The third kappa shape index (κ3) is 3.42. The number of ether oxygens (including phenoxy) is 2. The predicted molar refractivity (Wildman–Crippen MR) is 119 cm³/mol. The second-order valence-corrected chi connectivity index (χ2v) is 10.9. The molecular formula is C26H34O7. The Morgan fingerprint density at radius 3 is 2.52 bits per heavy atom. The van der Waals surface area contributed by atoms with Crippen LogP contribution in [0.5, 0.6) is 0 Å². The summed E-state index contributed by atoms with van der Waals surface area (Å²) in [5, 5.41) is 11.9. The SMILES string of the molecule is CC(=O)OCC(=O)[C@@]1(O)[C@H](C)C[C@@H]2[C@@H]3CCC4=CC(=O)C=C[C@]4(C)[C@@H]3[C@@H](OC(C)=O)C[C@@]21C. The lowest BCUT2D eigenvalue weighted by atomic mass is 9.46. The number of carbonyl (C=O) groups excluding carboxylic acids is 4. The van der Waals surface area contributed by atoms with Gasteiger partial charge in [-0.25, -0.2) is 0 Å². The first-order valence-corrected chi connectivity index (χ1v) is 11.8. The van der Waals surface area contributed by atoms with Gasteiger partial charge in [-0.3, -0.25) is 19.2 Å². The number of esters is 2. The van der Waals surface area contributed by atoms with Crippen molar-refractivity contribution in [2.24, 2.45) is 34.5 Å². The maximum Gasteiger partial charge on any atom is 0.303 e. The highest BCUT2D eigenvalue weighted by Gasteiger charge is 2.71. The topological polar surface area (TPSA) is 107 Å². The Kier molecular flexibility index (Phi) is 5.71. The molecule has 7 heteroatoms. The monoisotopic (exact) mass is 458 g/mol. The predicted octanol–water partition coefficient (Wildman–Crippen LogP) is 2.95. The van der Waals surface area contributed by atoms with Crippen molar-refractivity contribution in [3.63, 3.8) is 0 Å². The van der Waals surface area contributed by atoms with E-state index in [1.165, 1.54) is 13.8 Å². The first kappa shape index (κ1) is 23.9. The van der Waals surface area contributed by atoms with Crippen molar-refractivity contribution in [1.29, 1.82) is 0 Å². The molecule has 8 atom stereocenters. The molecule has 4 rings (SSSR count). The van der Waals surface area contributed by atoms with Crippen molar-refractivity contribution in [1.82, 2.24) is 0 Å². The number of fused-ring (bicyclic) bond motifs is 5. The third-order valence-electron chi connectivity index (χ3n) is 9.20. The molecule has 3 fully saturated rings. The number of allylic oxidation sites excluding steroid dienone is 4. The number of Topliss-reactive ketones (excluding diaryl/α,β-unsaturated/α-hetero) is 1. The molecule has 4 aliphatic rings. The number of aliphatic hydroxyl groups is 1. The molecule has 0 bridgehead atoms. The van der Waals surface area contributed by atoms with Crippen LogP contribution in [-0.4, -0.2) is 46.9 Å². The van der Waals surface area contributed by atoms with Gasteiger partial charge in [0.2, 0.25) is 5.78 Å². The average Bonchev–Trinajstić information content (AvgIpc) is 2.93. The fourth-order valence-corrected chi connectivity index (χ4v) is 7.82. The second-order valence-electron chi connectivity index (χ2n) is 10.9. The molecule has 180 valence electrons. The Balaban J connectivity index is 1.77. The van der Waals surface area contributed by atoms with Crippen LogP contribution in [-0.2, 0) is 28.7 Å². The van der Waals surface area contributed by atoms with E-state index in [2.05, 4.69) is 6.92 Å². The van der Waals surface area contributed by atoms with Crippen molar-refractivity contribution >= 4 is 23.5 Å². The first-order valence-electron chi connectivity index (χ1n) is 11.8. The van der Waals surface area contributed by atoms with E-state index in [4.69, 9.17) is 9.47 Å². The molecule has 0 aliphatic heterocycles. The standard InChI is InChI=1S/C26H34O7/c1-14-10-20-19-7-6-17-11-18(29)8-9-24(17,4)23(19)21(33-16(3)28)12-25(20,5)26(14,31)22(30)13-32-15(2)27/h8-9,11,14,19-21,23,31H,6-7,10,12-13H2,1-5H3/t14-,19+,20-,21+,23+,24+,25+,26+/m1/s1. The van der Waals surface area contributed by atoms with Crippen molar-refractivity contribution < 1.29 is 33.8 Å². The van der Waals surface area contributed by atoms with E-state index in [0.717, 1.165) is 18.4 Å². The zero-order valence-corrected chi connectivity index (χ0v) is 20.1. The normalized spacial score (nSPS) is 43.6. The Hall–Kier alpha value is -2.28. The van der Waals surface area contributed by atoms with Gasteiger partial charge in [0, 0.05) is 30.6 Å². The maximum atomic E-state index is 13.3. The van der Waals surface area contributed by atoms with E-state index >= 15 is 0 Å². The minimum absolute atomic E-state index is 0.0226. The summed E-state index contributed by atoms with van der Waals surface area (Å²) in [6, 6.07) is 0. The highest BCUT2D eigenvalue weighted by molar-refractivity contribution is 6.01. The van der Waals surface area contributed by atoms with Crippen LogP contribution >= 0.6 is 0 Å². The average molecular weight is 459 g/mol. The van der Waals surface area contributed by atoms with Crippen LogP contribution in [0.15, 0.2) is 23.8 Å². The highest BCUT2D eigenvalue weighted by Crippen LogP contribution is 2.68. The number of ketones is 2. The minimum atomic E-state index is -1.69. The van der Waals surface area contributed by atoms with Gasteiger partial charge in [-0.15, -0.1) is 0 Å². The third-order valence-corrected chi connectivity index (χ3v) is 9.20. The van der Waals surface area contributed by atoms with Gasteiger partial charge in [0.25, 0.3) is 0 Å². The summed E-state index contributed by atoms with van der Waals surface area (Å²) in [5.41, 5.74) is -1.89. The molecule has 4 aliphatic carbocycles. The first-order chi connectivity index (χ1) is 15.3. The molecule has 0 unspecified atom stereocenters. The molecule has 0 radical (unpaired) electrons. The smallest absolute Gasteiger partial charge is 0.303 e. The lowest BCUT2D eigenvalue weighted by Crippen LogP contribution is -2.63. The molecule has 1 N–H and O–H groups in total. The van der Waals surface area contributed by atoms with Gasteiger partial charge in [-0.1, -0.05) is 32.4 Å². The van der Waals surface area contributed by atoms with Crippen LogP contribution in [0, 0.1) is 34.5 Å². The van der Waals surface area contributed by atoms with Crippen LogP contribution in [0.25, 0.3) is 0 Å². The van der Waals surface area contributed by atoms with Gasteiger partial charge >= 0.3 is 11.9 Å². The number of hydrogen-bond acceptors (Lipinski definition) is 7. The van der Waals surface area contributed by atoms with Crippen molar-refractivity contribution in [2.45, 2.75) is 72.0 Å². The molecule has 0 aromatic rings. The summed E-state index contributed by atoms with van der Waals surface area (Å²) >= 11 is 0. The van der Waals surface area contributed by atoms with Crippen LogP contribution in [0.4, 0.5) is 0 Å². The maximum absolute atomic E-state index is 13.3. The van der Waals surface area contributed by atoms with Gasteiger partial charge in [0.15, 0.2) is 12.4 Å². The zero-order chi connectivity index (χ0) is 24.3. The van der Waals surface area contributed by atoms with Crippen LogP contribution in [0.2, 0.25) is 0 Å². The van der Waals surface area contributed by atoms with E-state index < -0.39 is 46.9 Å². The lowest BCUT2D eigenvalue weighted by molar-refractivity contribution is -0.195. The lowest BCUT2D eigenvalue weighted by Gasteiger charge is -2.60. The van der Waals surface area contributed by atoms with Crippen LogP contribution < -0.4 is 0 Å². The molecule has 0 aromatic heterocycles. The van der Waals surface area contributed by atoms with E-state index in [0.29, 0.717) is 12.8 Å². The van der Waals surface area contributed by atoms with E-state index in [9.17, 15) is 24.3 Å². The quantitative estimate of drug-likeness (QED) is 0.646. The zero-order valence-electron chi connectivity index (χ0n) is 20.1. The molecule has 0 heterocycles. The van der Waals surface area contributed by atoms with E-state index in [1.807, 2.05) is 19.9 Å². The fourth-order valence-electron chi connectivity index (χ4n) is 7.82. The van der Waals surface area contributed by atoms with E-state index in [-0.39, 0.29) is 29.5 Å². The van der Waals surface area contributed by atoms with Gasteiger partial charge in [0.05, 0.1) is 0 Å². The number of carbonyl (C=O) groups is 4. The molecule has 33 heavy (non-hydrogen) atoms. The van der Waals surface area contributed by atoms with Crippen molar-refractivity contribution in [2.75, 3.05) is 6.61 Å². The Labute approximate surface area is 194 Å². The second kappa shape index (κ2) is 7.90. The molecule has 0 saturated heterocycles. The highest BCUT2D eigenvalue weighted by atomic mass is 16.5. The summed E-state index contributed by atoms with van der Waals surface area (Å²) in [4.78, 5) is 48.8. The fraction of sp³-hybridized carbons (Fsp3) is 0.692. The molecule has 0 aromatic carbocycles. The Morgan fingerprint density at radius 1 is 1.18 bits per heavy atom. The van der Waals surface area contributed by atoms with Gasteiger partial charge in [0.1, 0.15) is 11.7 Å². The summed E-state index contributed by atoms with van der Waals surface area (Å²) in [6.07, 6.45) is 7.29. The van der Waals surface area contributed by atoms with Crippen LogP contribution in [0.3, 0.4) is 0 Å². The van der Waals surface area contributed by atoms with Gasteiger partial charge in [-0.2, -0.15) is 0 Å². The van der Waals surface area contributed by atoms with Crippen LogP contribution in [0.1, 0.15) is 60.3 Å². The summed E-state index contributed by atoms with van der Waals surface area (Å²) in [6.45, 7) is 8.04. The van der Waals surface area contributed by atoms with Gasteiger partial charge < -0.3 is 14.6 Å². The van der Waals surface area contributed by atoms with Crippen molar-refractivity contribution in [3.8, 4) is 0 Å². The molecule has 7 nitrogen and oxygen atoms in total. The summed E-state index contributed by atoms with van der Waals surface area (Å²) in [5.74, 6) is -1.75. The van der Waals surface area contributed by atoms with E-state index in [1.54, 1.807) is 12.2 Å². The largest absolute Gasteiger partial charge is 0.462 e. The van der Waals surface area contributed by atoms with Gasteiger partial charge in [-0.05, 0) is 55.6 Å². The minimum Gasteiger partial charge on any atom is -0.462 e.